The van der Waals surface area contributed by atoms with Gasteiger partial charge in [0.25, 0.3) is 11.5 Å². The number of methoxy groups -OCH3 is 1. The van der Waals surface area contributed by atoms with Crippen LogP contribution >= 0.6 is 0 Å². The molecule has 1 amide bonds. The molecule has 1 aliphatic rings. The lowest BCUT2D eigenvalue weighted by Gasteiger charge is -2.34. The Labute approximate surface area is 239 Å². The Hall–Kier alpha value is -4.63. The zero-order chi connectivity index (χ0) is 28.9. The van der Waals surface area contributed by atoms with Crippen LogP contribution in [0.15, 0.2) is 77.7 Å². The lowest BCUT2D eigenvalue weighted by molar-refractivity contribution is 0.0643. The Morgan fingerprint density at radius 2 is 1.63 bits per heavy atom. The maximum atomic E-state index is 13.8. The van der Waals surface area contributed by atoms with Crippen LogP contribution in [0.5, 0.6) is 17.2 Å². The van der Waals surface area contributed by atoms with Crippen LogP contribution in [-0.4, -0.2) is 65.3 Å². The number of amides is 1. The molecule has 1 aromatic heterocycles. The van der Waals surface area contributed by atoms with Gasteiger partial charge in [0, 0.05) is 37.4 Å². The molecule has 1 N–H and O–H groups in total. The van der Waals surface area contributed by atoms with Crippen molar-refractivity contribution >= 4 is 17.3 Å². The molecule has 1 aliphatic heterocycles. The van der Waals surface area contributed by atoms with Gasteiger partial charge in [-0.1, -0.05) is 19.1 Å². The Morgan fingerprint density at radius 3 is 2.29 bits per heavy atom. The number of aromatic nitrogens is 2. The molecule has 1 saturated heterocycles. The fourth-order valence-corrected chi connectivity index (χ4v) is 4.78. The summed E-state index contributed by atoms with van der Waals surface area (Å²) in [5.41, 5.74) is 3.73. The summed E-state index contributed by atoms with van der Waals surface area (Å²) in [6.45, 7) is 10.3. The van der Waals surface area contributed by atoms with Crippen LogP contribution in [0.25, 0.3) is 5.69 Å². The Balaban J connectivity index is 1.45. The first-order chi connectivity index (χ1) is 19.9. The first-order valence-corrected chi connectivity index (χ1v) is 13.8. The van der Waals surface area contributed by atoms with E-state index in [-0.39, 0.29) is 17.2 Å². The summed E-state index contributed by atoms with van der Waals surface area (Å²) < 4.78 is 12.8. The summed E-state index contributed by atoms with van der Waals surface area (Å²) in [5.74, 6) is 1.62. The van der Waals surface area contributed by atoms with Crippen molar-refractivity contribution in [3.8, 4) is 22.9 Å². The quantitative estimate of drug-likeness (QED) is 0.322. The summed E-state index contributed by atoms with van der Waals surface area (Å²) >= 11 is 0. The van der Waals surface area contributed by atoms with Crippen molar-refractivity contribution in [2.24, 2.45) is 0 Å². The highest BCUT2D eigenvalue weighted by Crippen LogP contribution is 2.32. The van der Waals surface area contributed by atoms with Crippen LogP contribution in [0, 0.1) is 13.8 Å². The highest BCUT2D eigenvalue weighted by atomic mass is 16.5. The maximum absolute atomic E-state index is 13.8. The van der Waals surface area contributed by atoms with Crippen LogP contribution in [0.4, 0.5) is 11.4 Å². The second kappa shape index (κ2) is 12.3. The van der Waals surface area contributed by atoms with Gasteiger partial charge in [-0.3, -0.25) is 9.59 Å². The molecule has 2 heterocycles. The van der Waals surface area contributed by atoms with Gasteiger partial charge in [-0.05, 0) is 86.1 Å². The highest BCUT2D eigenvalue weighted by molar-refractivity contribution is 5.94. The molecule has 9 heteroatoms. The van der Waals surface area contributed by atoms with Gasteiger partial charge >= 0.3 is 0 Å². The monoisotopic (exact) mass is 553 g/mol. The standard InChI is InChI=1S/C32H35N5O4/c1-5-35-17-19-36(20-18-35)31(38)24-9-11-25(12-10-24)34-30-29(41-28-8-6-7-22(2)23(28)3)21-33-37(32(30)39)26-13-15-27(40-4)16-14-26/h6-16,21,34H,5,17-20H2,1-4H3. The minimum Gasteiger partial charge on any atom is -0.497 e. The van der Waals surface area contributed by atoms with Crippen LogP contribution in [0.3, 0.4) is 0 Å². The number of ether oxygens (including phenoxy) is 2. The van der Waals surface area contributed by atoms with Gasteiger partial charge in [-0.15, -0.1) is 0 Å². The van der Waals surface area contributed by atoms with E-state index in [0.717, 1.165) is 30.8 Å². The minimum absolute atomic E-state index is 0.0111. The summed E-state index contributed by atoms with van der Waals surface area (Å²) in [6, 6.07) is 20.0. The van der Waals surface area contributed by atoms with E-state index >= 15 is 0 Å². The van der Waals surface area contributed by atoms with Gasteiger partial charge < -0.3 is 24.6 Å². The molecule has 41 heavy (non-hydrogen) atoms. The third kappa shape index (κ3) is 6.10. The van der Waals surface area contributed by atoms with Crippen molar-refractivity contribution in [2.75, 3.05) is 45.2 Å². The molecule has 0 atom stereocenters. The predicted octanol–water partition coefficient (Wildman–Crippen LogP) is 5.17. The average Bonchev–Trinajstić information content (AvgIpc) is 3.01. The number of aryl methyl sites for hydroxylation is 1. The first kappa shape index (κ1) is 27.9. The molecule has 3 aromatic carbocycles. The number of nitrogens with one attached hydrogen (secondary N) is 1. The molecule has 0 aliphatic carbocycles. The molecular formula is C32H35N5O4. The topological polar surface area (TPSA) is 88.9 Å². The number of rotatable bonds is 8. The molecule has 5 rings (SSSR count). The van der Waals surface area contributed by atoms with Crippen LogP contribution < -0.4 is 20.3 Å². The van der Waals surface area contributed by atoms with Gasteiger partial charge in [0.15, 0.2) is 11.4 Å². The van der Waals surface area contributed by atoms with E-state index in [2.05, 4.69) is 22.2 Å². The fourth-order valence-electron chi connectivity index (χ4n) is 4.78. The number of carbonyl (C=O) groups excluding carboxylic acids is 1. The van der Waals surface area contributed by atoms with Crippen LogP contribution in [0.1, 0.15) is 28.4 Å². The molecule has 0 spiro atoms. The SMILES string of the molecule is CCN1CCN(C(=O)c2ccc(Nc3c(Oc4cccc(C)c4C)cnn(-c4ccc(OC)cc4)c3=O)cc2)CC1. The van der Waals surface area contributed by atoms with Crippen molar-refractivity contribution < 1.29 is 14.3 Å². The molecule has 0 saturated carbocycles. The van der Waals surface area contributed by atoms with Crippen LogP contribution in [0.2, 0.25) is 0 Å². The molecule has 1 fully saturated rings. The maximum Gasteiger partial charge on any atom is 0.299 e. The van der Waals surface area contributed by atoms with Gasteiger partial charge in [0.1, 0.15) is 11.5 Å². The predicted molar refractivity (Wildman–Crippen MR) is 160 cm³/mol. The molecule has 212 valence electrons. The zero-order valence-corrected chi connectivity index (χ0v) is 23.9. The number of nitrogens with zero attached hydrogens (tertiary/aromatic N) is 4. The third-order valence-electron chi connectivity index (χ3n) is 7.54. The first-order valence-electron chi connectivity index (χ1n) is 13.8. The van der Waals surface area contributed by atoms with Crippen molar-refractivity contribution in [1.29, 1.82) is 0 Å². The molecule has 4 aromatic rings. The largest absolute Gasteiger partial charge is 0.497 e. The number of carbonyl (C=O) groups is 1. The normalized spacial score (nSPS) is 13.6. The summed E-state index contributed by atoms with van der Waals surface area (Å²) in [4.78, 5) is 31.1. The van der Waals surface area contributed by atoms with Crippen molar-refractivity contribution in [1.82, 2.24) is 19.6 Å². The number of piperazine rings is 1. The smallest absolute Gasteiger partial charge is 0.299 e. The second-order valence-corrected chi connectivity index (χ2v) is 10.0. The van der Waals surface area contributed by atoms with E-state index < -0.39 is 0 Å². The lowest BCUT2D eigenvalue weighted by atomic mass is 10.1. The Morgan fingerprint density at radius 1 is 0.927 bits per heavy atom. The van der Waals surface area contributed by atoms with E-state index in [1.807, 2.05) is 36.9 Å². The number of benzene rings is 3. The molecule has 9 nitrogen and oxygen atoms in total. The molecule has 0 bridgehead atoms. The highest BCUT2D eigenvalue weighted by Gasteiger charge is 2.22. The van der Waals surface area contributed by atoms with E-state index in [9.17, 15) is 9.59 Å². The lowest BCUT2D eigenvalue weighted by Crippen LogP contribution is -2.48. The van der Waals surface area contributed by atoms with Crippen molar-refractivity contribution in [3.63, 3.8) is 0 Å². The van der Waals surface area contributed by atoms with Crippen molar-refractivity contribution in [2.45, 2.75) is 20.8 Å². The molecule has 0 radical (unpaired) electrons. The number of hydrogen-bond donors (Lipinski definition) is 1. The molecular weight excluding hydrogens is 518 g/mol. The summed E-state index contributed by atoms with van der Waals surface area (Å²) in [6.07, 6.45) is 1.53. The summed E-state index contributed by atoms with van der Waals surface area (Å²) in [7, 11) is 1.59. The third-order valence-corrected chi connectivity index (χ3v) is 7.54. The Kier molecular flexibility index (Phi) is 8.35. The van der Waals surface area contributed by atoms with Gasteiger partial charge in [0.2, 0.25) is 0 Å². The fraction of sp³-hybridized carbons (Fsp3) is 0.281. The number of anilines is 2. The number of hydrogen-bond acceptors (Lipinski definition) is 7. The number of likely N-dealkylation sites (N-methyl/N-ethyl adjacent to an activating group) is 1. The van der Waals surface area contributed by atoms with E-state index in [1.54, 1.807) is 55.6 Å². The van der Waals surface area contributed by atoms with Gasteiger partial charge in [0.05, 0.1) is 19.0 Å². The van der Waals surface area contributed by atoms with Crippen molar-refractivity contribution in [3.05, 3.63) is 100.0 Å². The second-order valence-electron chi connectivity index (χ2n) is 10.0. The van der Waals surface area contributed by atoms with E-state index in [4.69, 9.17) is 9.47 Å². The average molecular weight is 554 g/mol. The van der Waals surface area contributed by atoms with Crippen LogP contribution in [-0.2, 0) is 0 Å². The van der Waals surface area contributed by atoms with Gasteiger partial charge in [-0.2, -0.15) is 9.78 Å². The van der Waals surface area contributed by atoms with E-state index in [1.165, 1.54) is 10.9 Å². The molecule has 0 unspecified atom stereocenters. The summed E-state index contributed by atoms with van der Waals surface area (Å²) in [5, 5.41) is 7.63. The minimum atomic E-state index is -0.382. The zero-order valence-electron chi connectivity index (χ0n) is 23.9. The van der Waals surface area contributed by atoms with E-state index in [0.29, 0.717) is 47.3 Å². The Bertz CT molecular complexity index is 1570. The van der Waals surface area contributed by atoms with Gasteiger partial charge in [-0.25, -0.2) is 0 Å².